The molecule has 0 unspecified atom stereocenters. The number of imide groups is 1. The van der Waals surface area contributed by atoms with Gasteiger partial charge >= 0.3 is 0 Å². The minimum absolute atomic E-state index is 0.0696. The first-order valence-electron chi connectivity index (χ1n) is 11.2. The number of carbonyl (C=O) groups is 4. The summed E-state index contributed by atoms with van der Waals surface area (Å²) in [6.07, 6.45) is 1.13. The summed E-state index contributed by atoms with van der Waals surface area (Å²) < 4.78 is 0. The van der Waals surface area contributed by atoms with Gasteiger partial charge in [0.05, 0.1) is 21.2 Å². The fourth-order valence-corrected chi connectivity index (χ4v) is 4.11. The van der Waals surface area contributed by atoms with Crippen molar-refractivity contribution in [3.63, 3.8) is 0 Å². The fraction of sp³-hybridized carbons (Fsp3) is 0.360. The first-order chi connectivity index (χ1) is 16.2. The van der Waals surface area contributed by atoms with Crippen LogP contribution in [0.4, 0.5) is 0 Å². The molecule has 1 atom stereocenters. The Labute approximate surface area is 209 Å². The Balaban J connectivity index is 1.68. The van der Waals surface area contributed by atoms with Crippen LogP contribution < -0.4 is 5.32 Å². The van der Waals surface area contributed by atoms with Crippen molar-refractivity contribution in [1.82, 2.24) is 15.1 Å². The standard InChI is InChI=1S/C25H27Cl2N3O4/c1-3-12-28-23(32)16(2)30(15-17-10-11-20(26)21(27)14-17)22(31)9-6-13-29-24(33)18-7-4-5-8-19(18)25(29)34/h4-5,7-8,10-11,14,16H,3,6,9,12-13,15H2,1-2H3,(H,28,32)/t16-/m0/s1. The number of nitrogens with zero attached hydrogens (tertiary/aromatic N) is 2. The molecular formula is C25H27Cl2N3O4. The second-order valence-electron chi connectivity index (χ2n) is 8.15. The van der Waals surface area contributed by atoms with E-state index < -0.39 is 6.04 Å². The molecule has 0 saturated carbocycles. The maximum absolute atomic E-state index is 13.2. The Morgan fingerprint density at radius 1 is 1.03 bits per heavy atom. The third kappa shape index (κ3) is 5.77. The lowest BCUT2D eigenvalue weighted by molar-refractivity contribution is -0.140. The number of fused-ring (bicyclic) bond motifs is 1. The molecule has 0 saturated heterocycles. The molecule has 1 N–H and O–H groups in total. The smallest absolute Gasteiger partial charge is 0.261 e. The highest BCUT2D eigenvalue weighted by atomic mass is 35.5. The van der Waals surface area contributed by atoms with Gasteiger partial charge in [0.2, 0.25) is 11.8 Å². The van der Waals surface area contributed by atoms with Crippen molar-refractivity contribution in [3.8, 4) is 0 Å². The van der Waals surface area contributed by atoms with E-state index in [1.807, 2.05) is 6.92 Å². The number of hydrogen-bond donors (Lipinski definition) is 1. The molecule has 4 amide bonds. The zero-order valence-corrected chi connectivity index (χ0v) is 20.7. The summed E-state index contributed by atoms with van der Waals surface area (Å²) in [5.41, 5.74) is 1.49. The fourth-order valence-electron chi connectivity index (χ4n) is 3.79. The number of nitrogens with one attached hydrogen (secondary N) is 1. The first kappa shape index (κ1) is 25.7. The van der Waals surface area contributed by atoms with Crippen molar-refractivity contribution < 1.29 is 19.2 Å². The van der Waals surface area contributed by atoms with Crippen LogP contribution in [0.1, 0.15) is 59.4 Å². The van der Waals surface area contributed by atoms with E-state index in [4.69, 9.17) is 23.2 Å². The SMILES string of the molecule is CCCNC(=O)[C@H](C)N(Cc1ccc(Cl)c(Cl)c1)C(=O)CCCN1C(=O)c2ccccc2C1=O. The van der Waals surface area contributed by atoms with Gasteiger partial charge in [-0.2, -0.15) is 0 Å². The van der Waals surface area contributed by atoms with Crippen molar-refractivity contribution in [2.45, 2.75) is 45.7 Å². The maximum Gasteiger partial charge on any atom is 0.261 e. The molecule has 7 nitrogen and oxygen atoms in total. The second-order valence-corrected chi connectivity index (χ2v) is 8.96. The highest BCUT2D eigenvalue weighted by Crippen LogP contribution is 2.25. The molecular weight excluding hydrogens is 477 g/mol. The summed E-state index contributed by atoms with van der Waals surface area (Å²) in [5, 5.41) is 3.58. The molecule has 0 spiro atoms. The lowest BCUT2D eigenvalue weighted by Gasteiger charge is -2.29. The van der Waals surface area contributed by atoms with Crippen molar-refractivity contribution >= 4 is 46.8 Å². The van der Waals surface area contributed by atoms with Crippen molar-refractivity contribution in [3.05, 3.63) is 69.2 Å². The minimum atomic E-state index is -0.715. The average molecular weight is 504 g/mol. The Morgan fingerprint density at radius 2 is 1.68 bits per heavy atom. The van der Waals surface area contributed by atoms with Crippen molar-refractivity contribution in [2.75, 3.05) is 13.1 Å². The van der Waals surface area contributed by atoms with E-state index in [1.165, 1.54) is 9.80 Å². The van der Waals surface area contributed by atoms with Crippen LogP contribution in [0.5, 0.6) is 0 Å². The molecule has 9 heteroatoms. The van der Waals surface area contributed by atoms with Gasteiger partial charge in [-0.3, -0.25) is 24.1 Å². The van der Waals surface area contributed by atoms with Gasteiger partial charge in [-0.15, -0.1) is 0 Å². The lowest BCUT2D eigenvalue weighted by atomic mass is 10.1. The molecule has 0 fully saturated rings. The van der Waals surface area contributed by atoms with Crippen LogP contribution in [0.3, 0.4) is 0 Å². The monoisotopic (exact) mass is 503 g/mol. The van der Waals surface area contributed by atoms with E-state index in [-0.39, 0.29) is 49.6 Å². The van der Waals surface area contributed by atoms with E-state index in [2.05, 4.69) is 5.32 Å². The number of rotatable bonds is 10. The van der Waals surface area contributed by atoms with E-state index in [1.54, 1.807) is 49.4 Å². The van der Waals surface area contributed by atoms with Gasteiger partial charge in [0.15, 0.2) is 0 Å². The molecule has 0 bridgehead atoms. The number of carbonyl (C=O) groups excluding carboxylic acids is 4. The van der Waals surface area contributed by atoms with Gasteiger partial charge in [0.25, 0.3) is 11.8 Å². The Hall–Kier alpha value is -2.90. The average Bonchev–Trinajstić information content (AvgIpc) is 3.07. The third-order valence-electron chi connectivity index (χ3n) is 5.70. The van der Waals surface area contributed by atoms with Gasteiger partial charge in [-0.05, 0) is 49.6 Å². The topological polar surface area (TPSA) is 86.8 Å². The van der Waals surface area contributed by atoms with Gasteiger partial charge in [-0.1, -0.05) is 48.3 Å². The molecule has 2 aromatic carbocycles. The van der Waals surface area contributed by atoms with Crippen LogP contribution in [0, 0.1) is 0 Å². The van der Waals surface area contributed by atoms with Gasteiger partial charge < -0.3 is 10.2 Å². The zero-order valence-electron chi connectivity index (χ0n) is 19.1. The van der Waals surface area contributed by atoms with Crippen LogP contribution in [0.15, 0.2) is 42.5 Å². The summed E-state index contributed by atoms with van der Waals surface area (Å²) >= 11 is 12.1. The number of benzene rings is 2. The molecule has 0 radical (unpaired) electrons. The lowest BCUT2D eigenvalue weighted by Crippen LogP contribution is -2.47. The van der Waals surface area contributed by atoms with E-state index in [0.717, 1.165) is 12.0 Å². The molecule has 3 rings (SSSR count). The van der Waals surface area contributed by atoms with E-state index >= 15 is 0 Å². The summed E-state index contributed by atoms with van der Waals surface area (Å²) in [6.45, 7) is 4.42. The molecule has 2 aromatic rings. The molecule has 1 heterocycles. The van der Waals surface area contributed by atoms with Crippen LogP contribution >= 0.6 is 23.2 Å². The Bertz CT molecular complexity index is 1070. The quantitative estimate of drug-likeness (QED) is 0.489. The van der Waals surface area contributed by atoms with Crippen LogP contribution in [0.25, 0.3) is 0 Å². The predicted molar refractivity (Wildman–Crippen MR) is 131 cm³/mol. The maximum atomic E-state index is 13.2. The van der Waals surface area contributed by atoms with Crippen molar-refractivity contribution in [1.29, 1.82) is 0 Å². The van der Waals surface area contributed by atoms with Gasteiger partial charge in [-0.25, -0.2) is 0 Å². The first-order valence-corrected chi connectivity index (χ1v) is 12.0. The number of halogens is 2. The molecule has 1 aliphatic rings. The summed E-state index contributed by atoms with van der Waals surface area (Å²) in [5.74, 6) is -1.22. The summed E-state index contributed by atoms with van der Waals surface area (Å²) in [6, 6.07) is 11.0. The molecule has 0 aromatic heterocycles. The van der Waals surface area contributed by atoms with Gasteiger partial charge in [0.1, 0.15) is 6.04 Å². The van der Waals surface area contributed by atoms with Crippen LogP contribution in [0.2, 0.25) is 10.0 Å². The number of amides is 4. The predicted octanol–water partition coefficient (Wildman–Crippen LogP) is 4.31. The molecule has 1 aliphatic heterocycles. The van der Waals surface area contributed by atoms with Crippen molar-refractivity contribution in [2.24, 2.45) is 0 Å². The third-order valence-corrected chi connectivity index (χ3v) is 6.44. The van der Waals surface area contributed by atoms with Crippen LogP contribution in [-0.2, 0) is 16.1 Å². The van der Waals surface area contributed by atoms with E-state index in [0.29, 0.717) is 27.7 Å². The molecule has 34 heavy (non-hydrogen) atoms. The van der Waals surface area contributed by atoms with Gasteiger partial charge in [0, 0.05) is 26.1 Å². The normalized spacial score (nSPS) is 13.6. The molecule has 0 aliphatic carbocycles. The molecule has 180 valence electrons. The van der Waals surface area contributed by atoms with E-state index in [9.17, 15) is 19.2 Å². The Kier molecular flexibility index (Phi) is 8.69. The largest absolute Gasteiger partial charge is 0.354 e. The zero-order chi connectivity index (χ0) is 24.8. The highest BCUT2D eigenvalue weighted by molar-refractivity contribution is 6.42. The number of hydrogen-bond acceptors (Lipinski definition) is 4. The highest BCUT2D eigenvalue weighted by Gasteiger charge is 2.35. The second kappa shape index (κ2) is 11.5. The minimum Gasteiger partial charge on any atom is -0.354 e. The summed E-state index contributed by atoms with van der Waals surface area (Å²) in [7, 11) is 0. The summed E-state index contributed by atoms with van der Waals surface area (Å²) in [4.78, 5) is 53.5. The Morgan fingerprint density at radius 3 is 2.26 bits per heavy atom. The van der Waals surface area contributed by atoms with Crippen LogP contribution in [-0.4, -0.2) is 52.6 Å².